The van der Waals surface area contributed by atoms with Gasteiger partial charge in [0.1, 0.15) is 6.61 Å². The zero-order valence-corrected chi connectivity index (χ0v) is 15.5. The van der Waals surface area contributed by atoms with Crippen molar-refractivity contribution in [1.29, 1.82) is 0 Å². The van der Waals surface area contributed by atoms with Crippen LogP contribution in [0.25, 0.3) is 16.5 Å². The summed E-state index contributed by atoms with van der Waals surface area (Å²) in [5.74, 6) is 2.90. The summed E-state index contributed by atoms with van der Waals surface area (Å²) in [7, 11) is 0. The van der Waals surface area contributed by atoms with Crippen LogP contribution in [0.4, 0.5) is 11.6 Å². The van der Waals surface area contributed by atoms with E-state index in [4.69, 9.17) is 9.72 Å². The molecular formula is C21H22N6O. The van der Waals surface area contributed by atoms with Crippen molar-refractivity contribution in [1.82, 2.24) is 20.3 Å². The number of anilines is 2. The Morgan fingerprint density at radius 3 is 3.07 bits per heavy atom. The highest BCUT2D eigenvalue weighted by Crippen LogP contribution is 2.34. The number of hydrogen-bond acceptors (Lipinski definition) is 6. The highest BCUT2D eigenvalue weighted by atomic mass is 16.5. The number of benzene rings is 1. The monoisotopic (exact) mass is 374 g/mol. The zero-order chi connectivity index (χ0) is 18.8. The molecule has 28 heavy (non-hydrogen) atoms. The molecule has 0 saturated carbocycles. The van der Waals surface area contributed by atoms with E-state index in [1.807, 2.05) is 24.4 Å². The number of ether oxygens (including phenoxy) is 1. The number of para-hydroxylation sites is 1. The van der Waals surface area contributed by atoms with Crippen molar-refractivity contribution in [2.45, 2.75) is 6.42 Å². The molecule has 2 aliphatic rings. The molecule has 3 aromatic rings. The van der Waals surface area contributed by atoms with E-state index in [1.165, 1.54) is 10.9 Å². The number of aromatic nitrogens is 3. The lowest BCUT2D eigenvalue weighted by Gasteiger charge is -2.22. The summed E-state index contributed by atoms with van der Waals surface area (Å²) in [6.07, 6.45) is 8.89. The first-order valence-electron chi connectivity index (χ1n) is 9.55. The maximum absolute atomic E-state index is 5.85. The second-order valence-electron chi connectivity index (χ2n) is 6.82. The van der Waals surface area contributed by atoms with Gasteiger partial charge in [-0.25, -0.2) is 9.97 Å². The smallest absolute Gasteiger partial charge is 0.204 e. The number of hydrogen-bond donors (Lipinski definition) is 4. The fourth-order valence-corrected chi connectivity index (χ4v) is 3.56. The van der Waals surface area contributed by atoms with Crippen LogP contribution in [0.15, 0.2) is 48.8 Å². The Bertz CT molecular complexity index is 1070. The van der Waals surface area contributed by atoms with Gasteiger partial charge in [0.2, 0.25) is 5.75 Å². The molecule has 5 rings (SSSR count). The summed E-state index contributed by atoms with van der Waals surface area (Å²) in [5.41, 5.74) is 3.50. The standard InChI is InChI=1S/C21H22N6O/c1-2-6-17-16(5-1)14(13-25-17)7-9-23-20-18-21(24-10-11-28-18)27-19(26-20)15-4-3-8-22-12-15/h1-6,8,13,22,25H,7,9-12H2,(H2,23,24,26,27). The first-order chi connectivity index (χ1) is 13.9. The summed E-state index contributed by atoms with van der Waals surface area (Å²) >= 11 is 0. The third-order valence-electron chi connectivity index (χ3n) is 4.96. The highest BCUT2D eigenvalue weighted by Gasteiger charge is 2.20. The topological polar surface area (TPSA) is 86.9 Å². The maximum Gasteiger partial charge on any atom is 0.204 e. The van der Waals surface area contributed by atoms with Gasteiger partial charge < -0.3 is 25.7 Å². The van der Waals surface area contributed by atoms with Crippen LogP contribution in [-0.4, -0.2) is 41.2 Å². The summed E-state index contributed by atoms with van der Waals surface area (Å²) in [5, 5.41) is 11.3. The molecule has 0 saturated heterocycles. The predicted octanol–water partition coefficient (Wildman–Crippen LogP) is 2.92. The van der Waals surface area contributed by atoms with Gasteiger partial charge in [-0.15, -0.1) is 0 Å². The van der Waals surface area contributed by atoms with Gasteiger partial charge in [-0.1, -0.05) is 24.3 Å². The van der Waals surface area contributed by atoms with Gasteiger partial charge in [0.05, 0.1) is 6.54 Å². The molecule has 4 N–H and O–H groups in total. The van der Waals surface area contributed by atoms with Crippen molar-refractivity contribution in [2.75, 3.05) is 36.9 Å². The average Bonchev–Trinajstić information content (AvgIpc) is 3.17. The number of allylic oxidation sites excluding steroid dienone is 2. The van der Waals surface area contributed by atoms with E-state index in [2.05, 4.69) is 50.3 Å². The third kappa shape index (κ3) is 3.15. The molecule has 0 unspecified atom stereocenters. The van der Waals surface area contributed by atoms with Crippen LogP contribution in [-0.2, 0) is 6.42 Å². The molecule has 0 aliphatic carbocycles. The van der Waals surface area contributed by atoms with Crippen molar-refractivity contribution in [2.24, 2.45) is 0 Å². The van der Waals surface area contributed by atoms with E-state index in [1.54, 1.807) is 0 Å². The lowest BCUT2D eigenvalue weighted by molar-refractivity contribution is 0.321. The quantitative estimate of drug-likeness (QED) is 0.549. The van der Waals surface area contributed by atoms with E-state index < -0.39 is 0 Å². The number of dihydropyridines is 1. The number of fused-ring (bicyclic) bond motifs is 2. The predicted molar refractivity (Wildman–Crippen MR) is 112 cm³/mol. The van der Waals surface area contributed by atoms with Crippen LogP contribution < -0.4 is 20.7 Å². The fourth-order valence-electron chi connectivity index (χ4n) is 3.56. The number of rotatable bonds is 5. The largest absolute Gasteiger partial charge is 0.485 e. The van der Waals surface area contributed by atoms with Gasteiger partial charge in [0.25, 0.3) is 0 Å². The normalized spacial score (nSPS) is 15.2. The van der Waals surface area contributed by atoms with Crippen LogP contribution in [0.3, 0.4) is 0 Å². The van der Waals surface area contributed by atoms with Crippen LogP contribution in [0.5, 0.6) is 5.75 Å². The summed E-state index contributed by atoms with van der Waals surface area (Å²) in [4.78, 5) is 12.7. The Kier molecular flexibility index (Phi) is 4.33. The van der Waals surface area contributed by atoms with Crippen molar-refractivity contribution in [3.8, 4) is 5.75 Å². The second-order valence-corrected chi connectivity index (χ2v) is 6.82. The molecule has 0 fully saturated rings. The second kappa shape index (κ2) is 7.26. The first kappa shape index (κ1) is 16.7. The zero-order valence-electron chi connectivity index (χ0n) is 15.5. The van der Waals surface area contributed by atoms with Crippen LogP contribution >= 0.6 is 0 Å². The Hall–Kier alpha value is -3.48. The van der Waals surface area contributed by atoms with Gasteiger partial charge in [-0.2, -0.15) is 0 Å². The van der Waals surface area contributed by atoms with Gasteiger partial charge in [0, 0.05) is 35.8 Å². The van der Waals surface area contributed by atoms with Crippen LogP contribution in [0, 0.1) is 0 Å². The van der Waals surface area contributed by atoms with Crippen molar-refractivity contribution >= 4 is 28.1 Å². The van der Waals surface area contributed by atoms with Crippen molar-refractivity contribution < 1.29 is 4.74 Å². The number of nitrogens with zero attached hydrogens (tertiary/aromatic N) is 2. The van der Waals surface area contributed by atoms with E-state index in [9.17, 15) is 0 Å². The van der Waals surface area contributed by atoms with Crippen molar-refractivity contribution in [3.63, 3.8) is 0 Å². The molecule has 7 heteroatoms. The SMILES string of the molecule is C1=CNCC(c2nc3c(c(NCCc4c[nH]c5ccccc45)n2)OCCN3)=C1. The minimum Gasteiger partial charge on any atom is -0.485 e. The van der Waals surface area contributed by atoms with Crippen molar-refractivity contribution in [3.05, 3.63) is 60.2 Å². The number of nitrogens with one attached hydrogen (secondary N) is 4. The van der Waals surface area contributed by atoms with Crippen LogP contribution in [0.2, 0.25) is 0 Å². The highest BCUT2D eigenvalue weighted by molar-refractivity contribution is 5.83. The minimum atomic E-state index is 0.611. The average molecular weight is 374 g/mol. The van der Waals surface area contributed by atoms with Gasteiger partial charge in [-0.3, -0.25) is 0 Å². The lowest BCUT2D eigenvalue weighted by Crippen LogP contribution is -2.23. The Labute approximate surface area is 162 Å². The molecule has 142 valence electrons. The molecule has 4 heterocycles. The lowest BCUT2D eigenvalue weighted by atomic mass is 10.1. The van der Waals surface area contributed by atoms with Crippen LogP contribution in [0.1, 0.15) is 11.4 Å². The molecule has 7 nitrogen and oxygen atoms in total. The molecule has 2 aliphatic heterocycles. The van der Waals surface area contributed by atoms with Gasteiger partial charge in [0.15, 0.2) is 17.5 Å². The third-order valence-corrected chi connectivity index (χ3v) is 4.96. The Morgan fingerprint density at radius 1 is 1.18 bits per heavy atom. The van der Waals surface area contributed by atoms with E-state index in [0.717, 1.165) is 42.2 Å². The van der Waals surface area contributed by atoms with E-state index in [-0.39, 0.29) is 0 Å². The molecule has 1 aromatic carbocycles. The molecule has 0 atom stereocenters. The summed E-state index contributed by atoms with van der Waals surface area (Å²) in [6.45, 7) is 2.82. The molecule has 0 amide bonds. The maximum atomic E-state index is 5.85. The minimum absolute atomic E-state index is 0.611. The van der Waals surface area contributed by atoms with E-state index >= 15 is 0 Å². The van der Waals surface area contributed by atoms with Gasteiger partial charge in [-0.05, 0) is 30.3 Å². The molecule has 0 spiro atoms. The van der Waals surface area contributed by atoms with Gasteiger partial charge >= 0.3 is 0 Å². The fraction of sp³-hybridized carbons (Fsp3) is 0.238. The molecule has 2 aromatic heterocycles. The molecule has 0 radical (unpaired) electrons. The summed E-state index contributed by atoms with van der Waals surface area (Å²) in [6, 6.07) is 8.36. The molecular weight excluding hydrogens is 352 g/mol. The number of aromatic amines is 1. The summed E-state index contributed by atoms with van der Waals surface area (Å²) < 4.78 is 5.85. The molecule has 0 bridgehead atoms. The Morgan fingerprint density at radius 2 is 2.14 bits per heavy atom. The van der Waals surface area contributed by atoms with E-state index in [0.29, 0.717) is 24.7 Å². The Balaban J connectivity index is 1.39. The first-order valence-corrected chi connectivity index (χ1v) is 9.55. The number of H-pyrrole nitrogens is 1.